The molecule has 0 fully saturated rings. The molecule has 1 N–H and O–H groups in total. The SMILES string of the molecule is CCn1nccc1CNc1cccc([N+](=O)[O-])c1C. The molecule has 0 spiro atoms. The number of hydrogen-bond donors (Lipinski definition) is 1. The lowest BCUT2D eigenvalue weighted by Crippen LogP contribution is -2.08. The van der Waals surface area contributed by atoms with E-state index >= 15 is 0 Å². The number of nitrogens with zero attached hydrogens (tertiary/aromatic N) is 3. The van der Waals surface area contributed by atoms with E-state index in [9.17, 15) is 10.1 Å². The van der Waals surface area contributed by atoms with Gasteiger partial charge in [0.1, 0.15) is 0 Å². The molecule has 1 heterocycles. The number of nitro groups is 1. The highest BCUT2D eigenvalue weighted by atomic mass is 16.6. The molecule has 0 unspecified atom stereocenters. The minimum absolute atomic E-state index is 0.133. The minimum Gasteiger partial charge on any atom is -0.379 e. The molecule has 0 aliphatic carbocycles. The van der Waals surface area contributed by atoms with E-state index in [-0.39, 0.29) is 10.6 Å². The number of anilines is 1. The molecular formula is C13H16N4O2. The van der Waals surface area contributed by atoms with Gasteiger partial charge in [-0.25, -0.2) is 0 Å². The van der Waals surface area contributed by atoms with Crippen molar-refractivity contribution in [3.8, 4) is 0 Å². The molecule has 6 nitrogen and oxygen atoms in total. The van der Waals surface area contributed by atoms with E-state index in [4.69, 9.17) is 0 Å². The van der Waals surface area contributed by atoms with Crippen LogP contribution in [-0.2, 0) is 13.1 Å². The Morgan fingerprint density at radius 3 is 2.89 bits per heavy atom. The molecule has 19 heavy (non-hydrogen) atoms. The largest absolute Gasteiger partial charge is 0.379 e. The molecule has 0 saturated carbocycles. The maximum Gasteiger partial charge on any atom is 0.274 e. The second-order valence-corrected chi connectivity index (χ2v) is 4.20. The molecule has 0 saturated heterocycles. The van der Waals surface area contributed by atoms with Crippen LogP contribution in [0.1, 0.15) is 18.2 Å². The van der Waals surface area contributed by atoms with Crippen molar-refractivity contribution in [1.29, 1.82) is 0 Å². The summed E-state index contributed by atoms with van der Waals surface area (Å²) in [5.74, 6) is 0. The lowest BCUT2D eigenvalue weighted by atomic mass is 10.1. The molecule has 1 aromatic carbocycles. The van der Waals surface area contributed by atoms with Gasteiger partial charge in [-0.1, -0.05) is 6.07 Å². The normalized spacial score (nSPS) is 10.4. The van der Waals surface area contributed by atoms with Gasteiger partial charge in [-0.05, 0) is 26.0 Å². The molecule has 0 amide bonds. The van der Waals surface area contributed by atoms with E-state index in [1.807, 2.05) is 23.7 Å². The Morgan fingerprint density at radius 2 is 2.21 bits per heavy atom. The quantitative estimate of drug-likeness (QED) is 0.662. The van der Waals surface area contributed by atoms with Crippen LogP contribution in [0.25, 0.3) is 0 Å². The first-order valence-corrected chi connectivity index (χ1v) is 6.12. The lowest BCUT2D eigenvalue weighted by Gasteiger charge is -2.10. The number of benzene rings is 1. The average molecular weight is 260 g/mol. The monoisotopic (exact) mass is 260 g/mol. The van der Waals surface area contributed by atoms with Crippen molar-refractivity contribution >= 4 is 11.4 Å². The third-order valence-electron chi connectivity index (χ3n) is 3.07. The van der Waals surface area contributed by atoms with Crippen LogP contribution in [0.4, 0.5) is 11.4 Å². The molecule has 100 valence electrons. The Bertz CT molecular complexity index is 592. The van der Waals surface area contributed by atoms with E-state index in [1.54, 1.807) is 19.2 Å². The summed E-state index contributed by atoms with van der Waals surface area (Å²) < 4.78 is 1.89. The number of rotatable bonds is 5. The van der Waals surface area contributed by atoms with Crippen LogP contribution in [0.5, 0.6) is 0 Å². The van der Waals surface area contributed by atoms with E-state index in [1.165, 1.54) is 6.07 Å². The van der Waals surface area contributed by atoms with Crippen LogP contribution in [0.2, 0.25) is 0 Å². The maximum atomic E-state index is 10.9. The van der Waals surface area contributed by atoms with E-state index in [0.717, 1.165) is 17.9 Å². The van der Waals surface area contributed by atoms with Crippen LogP contribution in [0.3, 0.4) is 0 Å². The predicted octanol–water partition coefficient (Wildman–Crippen LogP) is 2.73. The topological polar surface area (TPSA) is 73.0 Å². The highest BCUT2D eigenvalue weighted by Crippen LogP contribution is 2.25. The van der Waals surface area contributed by atoms with Gasteiger partial charge in [-0.2, -0.15) is 5.10 Å². The Kier molecular flexibility index (Phi) is 3.79. The standard InChI is InChI=1S/C13H16N4O2/c1-3-16-11(7-8-15-16)9-14-12-5-4-6-13(10(12)2)17(18)19/h4-8,14H,3,9H2,1-2H3. The first-order valence-electron chi connectivity index (χ1n) is 6.12. The van der Waals surface area contributed by atoms with Crippen molar-refractivity contribution in [3.63, 3.8) is 0 Å². The zero-order valence-electron chi connectivity index (χ0n) is 11.0. The number of nitrogens with one attached hydrogen (secondary N) is 1. The van der Waals surface area contributed by atoms with E-state index < -0.39 is 0 Å². The van der Waals surface area contributed by atoms with Gasteiger partial charge in [0.15, 0.2) is 0 Å². The second-order valence-electron chi connectivity index (χ2n) is 4.20. The highest BCUT2D eigenvalue weighted by Gasteiger charge is 2.13. The lowest BCUT2D eigenvalue weighted by molar-refractivity contribution is -0.385. The summed E-state index contributed by atoms with van der Waals surface area (Å²) in [6.07, 6.45) is 1.75. The summed E-state index contributed by atoms with van der Waals surface area (Å²) in [5.41, 5.74) is 2.61. The summed E-state index contributed by atoms with van der Waals surface area (Å²) in [7, 11) is 0. The van der Waals surface area contributed by atoms with Gasteiger partial charge in [-0.15, -0.1) is 0 Å². The number of hydrogen-bond acceptors (Lipinski definition) is 4. The molecule has 0 atom stereocenters. The summed E-state index contributed by atoms with van der Waals surface area (Å²) in [6, 6.07) is 6.97. The van der Waals surface area contributed by atoms with Gasteiger partial charge in [-0.3, -0.25) is 14.8 Å². The van der Waals surface area contributed by atoms with Crippen LogP contribution < -0.4 is 5.32 Å². The number of nitro benzene ring substituents is 1. The Balaban J connectivity index is 2.16. The molecule has 6 heteroatoms. The zero-order valence-corrected chi connectivity index (χ0v) is 11.0. The fraction of sp³-hybridized carbons (Fsp3) is 0.308. The maximum absolute atomic E-state index is 10.9. The fourth-order valence-electron chi connectivity index (χ4n) is 1.99. The zero-order chi connectivity index (χ0) is 13.8. The van der Waals surface area contributed by atoms with Gasteiger partial charge in [0.25, 0.3) is 5.69 Å². The molecule has 2 aromatic rings. The van der Waals surface area contributed by atoms with Crippen molar-refractivity contribution in [2.75, 3.05) is 5.32 Å². The molecule has 0 bridgehead atoms. The smallest absolute Gasteiger partial charge is 0.274 e. The average Bonchev–Trinajstić information content (AvgIpc) is 2.84. The third-order valence-corrected chi connectivity index (χ3v) is 3.07. The molecule has 0 radical (unpaired) electrons. The molecule has 1 aromatic heterocycles. The van der Waals surface area contributed by atoms with Crippen molar-refractivity contribution in [3.05, 3.63) is 51.8 Å². The predicted molar refractivity (Wildman–Crippen MR) is 73.1 cm³/mol. The Morgan fingerprint density at radius 1 is 1.42 bits per heavy atom. The van der Waals surface area contributed by atoms with E-state index in [0.29, 0.717) is 12.1 Å². The molecule has 0 aliphatic rings. The van der Waals surface area contributed by atoms with Crippen molar-refractivity contribution in [1.82, 2.24) is 9.78 Å². The van der Waals surface area contributed by atoms with Gasteiger partial charge >= 0.3 is 0 Å². The van der Waals surface area contributed by atoms with Crippen molar-refractivity contribution in [2.24, 2.45) is 0 Å². The van der Waals surface area contributed by atoms with Crippen LogP contribution in [0.15, 0.2) is 30.5 Å². The highest BCUT2D eigenvalue weighted by molar-refractivity contribution is 5.59. The molecule has 2 rings (SSSR count). The first kappa shape index (κ1) is 13.1. The van der Waals surface area contributed by atoms with Gasteiger partial charge in [0, 0.05) is 30.1 Å². The van der Waals surface area contributed by atoms with Crippen molar-refractivity contribution < 1.29 is 4.92 Å². The van der Waals surface area contributed by atoms with Crippen molar-refractivity contribution in [2.45, 2.75) is 26.9 Å². The van der Waals surface area contributed by atoms with E-state index in [2.05, 4.69) is 10.4 Å². The first-order chi connectivity index (χ1) is 9.13. The molecular weight excluding hydrogens is 244 g/mol. The summed E-state index contributed by atoms with van der Waals surface area (Å²) in [6.45, 7) is 5.17. The number of aryl methyl sites for hydroxylation is 1. The Labute approximate surface area is 111 Å². The summed E-state index contributed by atoms with van der Waals surface area (Å²) in [5, 5.41) is 18.3. The molecule has 0 aliphatic heterocycles. The fourth-order valence-corrected chi connectivity index (χ4v) is 1.99. The van der Waals surface area contributed by atoms with Gasteiger partial charge in [0.05, 0.1) is 17.2 Å². The van der Waals surface area contributed by atoms with Crippen LogP contribution >= 0.6 is 0 Å². The minimum atomic E-state index is -0.364. The second kappa shape index (κ2) is 5.51. The third kappa shape index (κ3) is 2.73. The van der Waals surface area contributed by atoms with Gasteiger partial charge < -0.3 is 5.32 Å². The Hall–Kier alpha value is -2.37. The summed E-state index contributed by atoms with van der Waals surface area (Å²) >= 11 is 0. The number of aromatic nitrogens is 2. The van der Waals surface area contributed by atoms with Crippen LogP contribution in [-0.4, -0.2) is 14.7 Å². The van der Waals surface area contributed by atoms with Crippen LogP contribution in [0, 0.1) is 17.0 Å². The summed E-state index contributed by atoms with van der Waals surface area (Å²) in [4.78, 5) is 10.5. The van der Waals surface area contributed by atoms with Gasteiger partial charge in [0.2, 0.25) is 0 Å².